The van der Waals surface area contributed by atoms with Crippen LogP contribution < -0.4 is 4.90 Å². The zero-order chi connectivity index (χ0) is 19.7. The van der Waals surface area contributed by atoms with Crippen LogP contribution in [0.5, 0.6) is 0 Å². The Labute approximate surface area is 159 Å². The Balaban J connectivity index is 1.49. The molecule has 0 N–H and O–H groups in total. The number of carbonyl (C=O) groups excluding carboxylic acids is 1. The van der Waals surface area contributed by atoms with Crippen LogP contribution in [0.15, 0.2) is 30.6 Å². The van der Waals surface area contributed by atoms with Crippen LogP contribution in [0.25, 0.3) is 11.2 Å². The number of aromatic nitrogens is 5. The van der Waals surface area contributed by atoms with Gasteiger partial charge in [-0.25, -0.2) is 14.6 Å². The molecule has 0 unspecified atom stereocenters. The summed E-state index contributed by atoms with van der Waals surface area (Å²) in [5.41, 5.74) is 1.55. The number of amides is 1. The van der Waals surface area contributed by atoms with Gasteiger partial charge in [0.05, 0.1) is 4.92 Å². The first-order valence-corrected chi connectivity index (χ1v) is 8.91. The van der Waals surface area contributed by atoms with E-state index in [4.69, 9.17) is 0 Å². The van der Waals surface area contributed by atoms with Gasteiger partial charge in [-0.3, -0.25) is 14.9 Å². The van der Waals surface area contributed by atoms with Gasteiger partial charge in [-0.15, -0.1) is 5.10 Å². The highest BCUT2D eigenvalue weighted by Crippen LogP contribution is 2.22. The van der Waals surface area contributed by atoms with Gasteiger partial charge in [0.2, 0.25) is 0 Å². The Hall–Kier alpha value is -3.63. The minimum atomic E-state index is -0.501. The number of aryl methyl sites for hydroxylation is 1. The van der Waals surface area contributed by atoms with E-state index in [9.17, 15) is 14.9 Å². The lowest BCUT2D eigenvalue weighted by molar-refractivity contribution is -0.384. The second-order valence-corrected chi connectivity index (χ2v) is 6.36. The highest BCUT2D eigenvalue weighted by molar-refractivity contribution is 5.95. The van der Waals surface area contributed by atoms with E-state index in [1.54, 1.807) is 15.6 Å². The van der Waals surface area contributed by atoms with E-state index in [1.165, 1.54) is 24.5 Å². The fraction of sp³-hybridized carbons (Fsp3) is 0.353. The van der Waals surface area contributed by atoms with Gasteiger partial charge in [0.25, 0.3) is 11.6 Å². The second-order valence-electron chi connectivity index (χ2n) is 6.36. The number of rotatable bonds is 4. The molecule has 1 fully saturated rings. The number of fused-ring (bicyclic) bond motifs is 1. The minimum Gasteiger partial charge on any atom is -0.351 e. The Morgan fingerprint density at radius 1 is 1.21 bits per heavy atom. The van der Waals surface area contributed by atoms with E-state index in [0.717, 1.165) is 0 Å². The van der Waals surface area contributed by atoms with Crippen LogP contribution >= 0.6 is 0 Å². The van der Waals surface area contributed by atoms with Crippen molar-refractivity contribution in [2.45, 2.75) is 13.5 Å². The molecule has 0 radical (unpaired) electrons. The molecule has 4 rings (SSSR count). The molecule has 2 aromatic heterocycles. The first kappa shape index (κ1) is 17.8. The lowest BCUT2D eigenvalue weighted by Gasteiger charge is -2.35. The summed E-state index contributed by atoms with van der Waals surface area (Å²) in [6.45, 7) is 4.74. The Kier molecular flexibility index (Phi) is 4.55. The number of piperazine rings is 1. The van der Waals surface area contributed by atoms with Crippen LogP contribution in [-0.4, -0.2) is 66.9 Å². The average Bonchev–Trinajstić information content (AvgIpc) is 3.17. The molecule has 0 atom stereocenters. The average molecular weight is 382 g/mol. The third-order valence-corrected chi connectivity index (χ3v) is 4.75. The van der Waals surface area contributed by atoms with E-state index < -0.39 is 4.92 Å². The Bertz CT molecular complexity index is 1040. The van der Waals surface area contributed by atoms with Crippen molar-refractivity contribution < 1.29 is 9.72 Å². The molecule has 1 saturated heterocycles. The minimum absolute atomic E-state index is 0.0909. The van der Waals surface area contributed by atoms with Crippen molar-refractivity contribution in [2.24, 2.45) is 0 Å². The predicted molar refractivity (Wildman–Crippen MR) is 100 cm³/mol. The SMILES string of the molecule is CCn1nnc2c(N3CCN(C(=O)c4cccc([N+](=O)[O-])c4)CC3)ncnc21. The first-order chi connectivity index (χ1) is 13.6. The van der Waals surface area contributed by atoms with Crippen LogP contribution in [0, 0.1) is 10.1 Å². The molecule has 3 heterocycles. The van der Waals surface area contributed by atoms with Crippen LogP contribution in [0.2, 0.25) is 0 Å². The van der Waals surface area contributed by atoms with E-state index in [0.29, 0.717) is 55.3 Å². The molecule has 28 heavy (non-hydrogen) atoms. The van der Waals surface area contributed by atoms with Crippen molar-refractivity contribution in [1.82, 2.24) is 29.9 Å². The number of hydrogen-bond donors (Lipinski definition) is 0. The molecular weight excluding hydrogens is 364 g/mol. The van der Waals surface area contributed by atoms with Crippen molar-refractivity contribution in [2.75, 3.05) is 31.1 Å². The molecule has 3 aromatic rings. The van der Waals surface area contributed by atoms with E-state index in [-0.39, 0.29) is 11.6 Å². The fourth-order valence-corrected chi connectivity index (χ4v) is 3.28. The zero-order valence-electron chi connectivity index (χ0n) is 15.2. The molecule has 0 bridgehead atoms. The summed E-state index contributed by atoms with van der Waals surface area (Å²) >= 11 is 0. The van der Waals surface area contributed by atoms with Gasteiger partial charge >= 0.3 is 0 Å². The number of benzene rings is 1. The number of nitrogens with zero attached hydrogens (tertiary/aromatic N) is 8. The number of hydrogen-bond acceptors (Lipinski definition) is 8. The van der Waals surface area contributed by atoms with Crippen molar-refractivity contribution >= 4 is 28.6 Å². The molecule has 1 aromatic carbocycles. The molecule has 1 aliphatic heterocycles. The molecule has 11 nitrogen and oxygen atoms in total. The second kappa shape index (κ2) is 7.18. The lowest BCUT2D eigenvalue weighted by Crippen LogP contribution is -2.49. The normalized spacial score (nSPS) is 14.5. The maximum absolute atomic E-state index is 12.7. The van der Waals surface area contributed by atoms with Gasteiger partial charge in [-0.1, -0.05) is 11.3 Å². The summed E-state index contributed by atoms with van der Waals surface area (Å²) in [5.74, 6) is 0.486. The molecule has 11 heteroatoms. The summed E-state index contributed by atoms with van der Waals surface area (Å²) in [7, 11) is 0. The smallest absolute Gasteiger partial charge is 0.270 e. The summed E-state index contributed by atoms with van der Waals surface area (Å²) in [5, 5.41) is 19.2. The standard InChI is InChI=1S/C17H18N8O3/c1-2-24-16-14(20-21-24)15(18-11-19-16)22-6-8-23(9-7-22)17(26)12-4-3-5-13(10-12)25(27)28/h3-5,10-11H,2,6-9H2,1H3. The van der Waals surface area contributed by atoms with Crippen LogP contribution in [0.3, 0.4) is 0 Å². The lowest BCUT2D eigenvalue weighted by atomic mass is 10.1. The van der Waals surface area contributed by atoms with Gasteiger partial charge in [0.1, 0.15) is 6.33 Å². The van der Waals surface area contributed by atoms with Crippen LogP contribution in [0.1, 0.15) is 17.3 Å². The molecular formula is C17H18N8O3. The Morgan fingerprint density at radius 3 is 2.71 bits per heavy atom. The topological polar surface area (TPSA) is 123 Å². The fourth-order valence-electron chi connectivity index (χ4n) is 3.28. The number of nitro benzene ring substituents is 1. The van der Waals surface area contributed by atoms with E-state index in [2.05, 4.69) is 25.2 Å². The number of non-ortho nitro benzene ring substituents is 1. The number of carbonyl (C=O) groups is 1. The summed E-state index contributed by atoms with van der Waals surface area (Å²) in [6, 6.07) is 5.80. The number of anilines is 1. The summed E-state index contributed by atoms with van der Waals surface area (Å²) < 4.78 is 1.71. The Morgan fingerprint density at radius 2 is 2.00 bits per heavy atom. The third-order valence-electron chi connectivity index (χ3n) is 4.75. The van der Waals surface area contributed by atoms with Gasteiger partial charge in [-0.05, 0) is 13.0 Å². The van der Waals surface area contributed by atoms with Gasteiger partial charge in [0.15, 0.2) is 17.0 Å². The summed E-state index contributed by atoms with van der Waals surface area (Å²) in [6.07, 6.45) is 1.49. The highest BCUT2D eigenvalue weighted by atomic mass is 16.6. The molecule has 144 valence electrons. The molecule has 0 aliphatic carbocycles. The summed E-state index contributed by atoms with van der Waals surface area (Å²) in [4.78, 5) is 35.5. The number of nitro groups is 1. The van der Waals surface area contributed by atoms with Gasteiger partial charge < -0.3 is 9.80 Å². The quantitative estimate of drug-likeness (QED) is 0.486. The maximum Gasteiger partial charge on any atom is 0.270 e. The van der Waals surface area contributed by atoms with Gasteiger partial charge in [-0.2, -0.15) is 0 Å². The molecule has 0 saturated carbocycles. The van der Waals surface area contributed by atoms with Crippen LogP contribution in [0.4, 0.5) is 11.5 Å². The monoisotopic (exact) mass is 382 g/mol. The zero-order valence-corrected chi connectivity index (χ0v) is 15.2. The molecule has 1 amide bonds. The van der Waals surface area contributed by atoms with Crippen LogP contribution in [-0.2, 0) is 6.54 Å². The largest absolute Gasteiger partial charge is 0.351 e. The van der Waals surface area contributed by atoms with Gasteiger partial charge in [0, 0.05) is 50.4 Å². The maximum atomic E-state index is 12.7. The first-order valence-electron chi connectivity index (χ1n) is 8.91. The molecule has 0 spiro atoms. The third kappa shape index (κ3) is 3.10. The van der Waals surface area contributed by atoms with Crippen molar-refractivity contribution in [3.8, 4) is 0 Å². The van der Waals surface area contributed by atoms with Crippen molar-refractivity contribution in [1.29, 1.82) is 0 Å². The predicted octanol–water partition coefficient (Wildman–Crippen LogP) is 1.11. The highest BCUT2D eigenvalue weighted by Gasteiger charge is 2.26. The van der Waals surface area contributed by atoms with Crippen molar-refractivity contribution in [3.63, 3.8) is 0 Å². The van der Waals surface area contributed by atoms with Crippen molar-refractivity contribution in [3.05, 3.63) is 46.3 Å². The molecule has 1 aliphatic rings. The van der Waals surface area contributed by atoms with E-state index in [1.807, 2.05) is 6.92 Å². The van der Waals surface area contributed by atoms with E-state index >= 15 is 0 Å².